The zero-order chi connectivity index (χ0) is 12.3. The van der Waals surface area contributed by atoms with Crippen molar-refractivity contribution in [3.8, 4) is 0 Å². The van der Waals surface area contributed by atoms with E-state index in [0.717, 1.165) is 12.8 Å². The maximum Gasteiger partial charge on any atom is 0.373 e. The molecule has 0 N–H and O–H groups in total. The van der Waals surface area contributed by atoms with Crippen LogP contribution in [0.15, 0.2) is 24.3 Å². The van der Waals surface area contributed by atoms with Crippen molar-refractivity contribution in [3.05, 3.63) is 39.9 Å². The number of benzene rings is 1. The molecule has 0 bridgehead atoms. The normalized spacial score (nSPS) is 14.4. The van der Waals surface area contributed by atoms with E-state index >= 15 is 0 Å². The van der Waals surface area contributed by atoms with E-state index in [1.54, 1.807) is 0 Å². The molecule has 0 radical (unpaired) electrons. The van der Waals surface area contributed by atoms with Crippen LogP contribution in [0.3, 0.4) is 0 Å². The highest BCUT2D eigenvalue weighted by Gasteiger charge is 2.22. The molecule has 0 unspecified atom stereocenters. The lowest BCUT2D eigenvalue weighted by molar-refractivity contribution is -0.384. The van der Waals surface area contributed by atoms with E-state index in [-0.39, 0.29) is 11.3 Å². The molecule has 0 aliphatic heterocycles. The predicted molar refractivity (Wildman–Crippen MR) is 57.2 cm³/mol. The van der Waals surface area contributed by atoms with Crippen LogP contribution in [0.5, 0.6) is 0 Å². The molecule has 1 aromatic carbocycles. The predicted octanol–water partition coefficient (Wildman–Crippen LogP) is 2.09. The van der Waals surface area contributed by atoms with E-state index in [4.69, 9.17) is 4.89 Å². The molecule has 2 rings (SSSR count). The SMILES string of the molecule is O=C(OOCC1CC1)c1ccc([N+](=O)[O-])cc1. The van der Waals surface area contributed by atoms with Gasteiger partial charge in [-0.15, -0.1) is 0 Å². The molecular weight excluding hydrogens is 226 g/mol. The van der Waals surface area contributed by atoms with Crippen LogP contribution in [0.1, 0.15) is 23.2 Å². The van der Waals surface area contributed by atoms with Gasteiger partial charge >= 0.3 is 5.97 Å². The standard InChI is InChI=1S/C11H11NO5/c13-11(17-16-7-8-1-2-8)9-3-5-10(6-4-9)12(14)15/h3-6,8H,1-2,7H2. The first-order valence-electron chi connectivity index (χ1n) is 5.25. The Morgan fingerprint density at radius 2 is 2.00 bits per heavy atom. The van der Waals surface area contributed by atoms with Gasteiger partial charge in [0, 0.05) is 12.1 Å². The maximum atomic E-state index is 11.4. The molecule has 0 spiro atoms. The fourth-order valence-electron chi connectivity index (χ4n) is 1.24. The third-order valence-electron chi connectivity index (χ3n) is 2.45. The highest BCUT2D eigenvalue weighted by Crippen LogP contribution is 2.28. The van der Waals surface area contributed by atoms with Crippen LogP contribution in [-0.2, 0) is 9.78 Å². The minimum Gasteiger partial charge on any atom is -0.293 e. The third kappa shape index (κ3) is 3.25. The van der Waals surface area contributed by atoms with Gasteiger partial charge < -0.3 is 0 Å². The molecule has 0 amide bonds. The highest BCUT2D eigenvalue weighted by molar-refractivity contribution is 5.89. The van der Waals surface area contributed by atoms with Gasteiger partial charge in [0.25, 0.3) is 5.69 Å². The van der Waals surface area contributed by atoms with Crippen molar-refractivity contribution < 1.29 is 19.5 Å². The lowest BCUT2D eigenvalue weighted by Gasteiger charge is -2.02. The highest BCUT2D eigenvalue weighted by atomic mass is 17.2. The lowest BCUT2D eigenvalue weighted by atomic mass is 10.2. The average Bonchev–Trinajstić information content (AvgIpc) is 3.13. The van der Waals surface area contributed by atoms with Crippen molar-refractivity contribution in [2.24, 2.45) is 5.92 Å². The number of carbonyl (C=O) groups excluding carboxylic acids is 1. The summed E-state index contributed by atoms with van der Waals surface area (Å²) in [4.78, 5) is 30.6. The number of nitro groups is 1. The molecular formula is C11H11NO5. The van der Waals surface area contributed by atoms with Gasteiger partial charge in [-0.05, 0) is 30.9 Å². The second-order valence-corrected chi connectivity index (χ2v) is 3.90. The number of nitro benzene ring substituents is 1. The zero-order valence-corrected chi connectivity index (χ0v) is 9.00. The molecule has 0 saturated heterocycles. The van der Waals surface area contributed by atoms with E-state index in [1.165, 1.54) is 24.3 Å². The van der Waals surface area contributed by atoms with Gasteiger partial charge in [0.1, 0.15) is 0 Å². The van der Waals surface area contributed by atoms with Crippen LogP contribution in [0.4, 0.5) is 5.69 Å². The van der Waals surface area contributed by atoms with Crippen LogP contribution >= 0.6 is 0 Å². The van der Waals surface area contributed by atoms with Crippen LogP contribution in [0.25, 0.3) is 0 Å². The minimum absolute atomic E-state index is 0.0690. The van der Waals surface area contributed by atoms with Crippen molar-refractivity contribution in [1.29, 1.82) is 0 Å². The Hall–Kier alpha value is -1.95. The Bertz CT molecular complexity index is 424. The van der Waals surface area contributed by atoms with Crippen molar-refractivity contribution in [1.82, 2.24) is 0 Å². The first kappa shape index (κ1) is 11.5. The van der Waals surface area contributed by atoms with Crippen molar-refractivity contribution in [2.75, 3.05) is 6.61 Å². The molecule has 1 aliphatic carbocycles. The third-order valence-corrected chi connectivity index (χ3v) is 2.45. The van der Waals surface area contributed by atoms with Gasteiger partial charge in [-0.1, -0.05) is 0 Å². The van der Waals surface area contributed by atoms with Crippen LogP contribution in [-0.4, -0.2) is 17.5 Å². The monoisotopic (exact) mass is 237 g/mol. The molecule has 0 atom stereocenters. The first-order chi connectivity index (χ1) is 8.16. The summed E-state index contributed by atoms with van der Waals surface area (Å²) in [6, 6.07) is 5.16. The zero-order valence-electron chi connectivity index (χ0n) is 9.00. The molecule has 0 aromatic heterocycles. The fraction of sp³-hybridized carbons (Fsp3) is 0.364. The van der Waals surface area contributed by atoms with Crippen LogP contribution < -0.4 is 0 Å². The summed E-state index contributed by atoms with van der Waals surface area (Å²) < 4.78 is 0. The smallest absolute Gasteiger partial charge is 0.293 e. The lowest BCUT2D eigenvalue weighted by Crippen LogP contribution is -2.07. The number of non-ortho nitro benzene ring substituents is 1. The molecule has 17 heavy (non-hydrogen) atoms. The number of rotatable bonds is 5. The summed E-state index contributed by atoms with van der Waals surface area (Å²) in [5.74, 6) is -0.139. The number of hydrogen-bond acceptors (Lipinski definition) is 5. The largest absolute Gasteiger partial charge is 0.373 e. The van der Waals surface area contributed by atoms with E-state index in [9.17, 15) is 14.9 Å². The van der Waals surface area contributed by atoms with Crippen molar-refractivity contribution >= 4 is 11.7 Å². The van der Waals surface area contributed by atoms with Crippen molar-refractivity contribution in [2.45, 2.75) is 12.8 Å². The van der Waals surface area contributed by atoms with Gasteiger partial charge in [0.2, 0.25) is 0 Å². The number of carbonyl (C=O) groups is 1. The maximum absolute atomic E-state index is 11.4. The van der Waals surface area contributed by atoms with E-state index in [2.05, 4.69) is 4.89 Å². The molecule has 1 aromatic rings. The van der Waals surface area contributed by atoms with E-state index < -0.39 is 10.9 Å². The van der Waals surface area contributed by atoms with Gasteiger partial charge in [-0.2, -0.15) is 4.89 Å². The van der Waals surface area contributed by atoms with Crippen molar-refractivity contribution in [3.63, 3.8) is 0 Å². The Kier molecular flexibility index (Phi) is 3.34. The first-order valence-corrected chi connectivity index (χ1v) is 5.25. The molecule has 1 fully saturated rings. The summed E-state index contributed by atoms with van der Waals surface area (Å²) >= 11 is 0. The molecule has 90 valence electrons. The summed E-state index contributed by atoms with van der Waals surface area (Å²) in [5.41, 5.74) is 0.159. The number of hydrogen-bond donors (Lipinski definition) is 0. The minimum atomic E-state index is -0.638. The van der Waals surface area contributed by atoms with Gasteiger partial charge in [-0.3, -0.25) is 15.0 Å². The Balaban J connectivity index is 1.86. The summed E-state index contributed by atoms with van der Waals surface area (Å²) in [6.45, 7) is 0.415. The Labute approximate surface area is 97.2 Å². The quantitative estimate of drug-likeness (QED) is 0.445. The number of nitrogens with zero attached hydrogens (tertiary/aromatic N) is 1. The summed E-state index contributed by atoms with van der Waals surface area (Å²) in [5, 5.41) is 10.4. The molecule has 1 saturated carbocycles. The molecule has 1 aliphatic rings. The second kappa shape index (κ2) is 4.92. The molecule has 6 heteroatoms. The second-order valence-electron chi connectivity index (χ2n) is 3.90. The van der Waals surface area contributed by atoms with Crippen LogP contribution in [0, 0.1) is 16.0 Å². The summed E-state index contributed by atoms with van der Waals surface area (Å²) in [7, 11) is 0. The van der Waals surface area contributed by atoms with Gasteiger partial charge in [0.05, 0.1) is 17.1 Å². The fourth-order valence-corrected chi connectivity index (χ4v) is 1.24. The van der Waals surface area contributed by atoms with E-state index in [1.807, 2.05) is 0 Å². The van der Waals surface area contributed by atoms with Gasteiger partial charge in [-0.25, -0.2) is 4.79 Å². The Morgan fingerprint density at radius 1 is 1.35 bits per heavy atom. The summed E-state index contributed by atoms with van der Waals surface area (Å²) in [6.07, 6.45) is 2.21. The van der Waals surface area contributed by atoms with Gasteiger partial charge in [0.15, 0.2) is 0 Å². The molecule has 6 nitrogen and oxygen atoms in total. The molecule has 0 heterocycles. The average molecular weight is 237 g/mol. The van der Waals surface area contributed by atoms with Crippen LogP contribution in [0.2, 0.25) is 0 Å². The Morgan fingerprint density at radius 3 is 2.53 bits per heavy atom. The topological polar surface area (TPSA) is 78.7 Å². The van der Waals surface area contributed by atoms with E-state index in [0.29, 0.717) is 12.5 Å².